The average molecular weight is 261 g/mol. The highest BCUT2D eigenvalue weighted by atomic mass is 32.2. The molecule has 0 aromatic heterocycles. The summed E-state index contributed by atoms with van der Waals surface area (Å²) in [4.78, 5) is 10.9. The van der Waals surface area contributed by atoms with E-state index in [0.717, 1.165) is 10.4 Å². The monoisotopic (exact) mass is 261 g/mol. The minimum Gasteiger partial charge on any atom is -0.478 e. The molecule has 0 saturated heterocycles. The molecule has 17 heavy (non-hydrogen) atoms. The molecule has 0 aliphatic rings. The number of hydrogen-bond acceptors (Lipinski definition) is 3. The van der Waals surface area contributed by atoms with Gasteiger partial charge >= 0.3 is 5.97 Å². The fourth-order valence-corrected chi connectivity index (χ4v) is 2.17. The Kier molecular flexibility index (Phi) is 3.72. The summed E-state index contributed by atoms with van der Waals surface area (Å²) < 4.78 is 37.3. The van der Waals surface area contributed by atoms with Gasteiger partial charge in [-0.1, -0.05) is 6.07 Å². The molecule has 0 amide bonds. The van der Waals surface area contributed by atoms with Crippen molar-refractivity contribution < 1.29 is 22.7 Å². The van der Waals surface area contributed by atoms with Crippen LogP contribution in [-0.4, -0.2) is 32.3 Å². The topological polar surface area (TPSA) is 74.7 Å². The van der Waals surface area contributed by atoms with Crippen molar-refractivity contribution in [1.29, 1.82) is 0 Å². The molecule has 7 heteroatoms. The van der Waals surface area contributed by atoms with Crippen molar-refractivity contribution in [2.75, 3.05) is 17.1 Å². The second kappa shape index (κ2) is 4.70. The van der Waals surface area contributed by atoms with Crippen LogP contribution in [0.3, 0.4) is 0 Å². The lowest BCUT2D eigenvalue weighted by Crippen LogP contribution is -2.29. The lowest BCUT2D eigenvalue weighted by molar-refractivity contribution is 0.0693. The van der Waals surface area contributed by atoms with Gasteiger partial charge in [0.05, 0.1) is 11.4 Å². The third-order valence-corrected chi connectivity index (χ3v) is 4.09. The summed E-state index contributed by atoms with van der Waals surface area (Å²) >= 11 is 0. The van der Waals surface area contributed by atoms with Crippen LogP contribution in [0.15, 0.2) is 18.2 Å². The van der Waals surface area contributed by atoms with Crippen LogP contribution in [0.2, 0.25) is 0 Å². The molecule has 0 atom stereocenters. The van der Waals surface area contributed by atoms with E-state index in [0.29, 0.717) is 0 Å². The predicted octanol–water partition coefficient (Wildman–Crippen LogP) is 1.31. The Balaban J connectivity index is 3.42. The number of halogens is 1. The fraction of sp³-hybridized carbons (Fsp3) is 0.300. The number of benzene rings is 1. The number of sulfonamides is 1. The van der Waals surface area contributed by atoms with Gasteiger partial charge in [-0.05, 0) is 19.1 Å². The Morgan fingerprint density at radius 3 is 2.53 bits per heavy atom. The maximum Gasteiger partial charge on any atom is 0.340 e. The maximum atomic E-state index is 13.4. The molecule has 0 aliphatic heterocycles. The van der Waals surface area contributed by atoms with Crippen LogP contribution in [0.5, 0.6) is 0 Å². The van der Waals surface area contributed by atoms with Crippen LogP contribution in [0.25, 0.3) is 0 Å². The molecule has 1 aromatic rings. The molecule has 94 valence electrons. The molecule has 0 saturated carbocycles. The number of carbonyl (C=O) groups is 1. The van der Waals surface area contributed by atoms with Gasteiger partial charge in [0, 0.05) is 7.05 Å². The lowest BCUT2D eigenvalue weighted by atomic mass is 10.1. The molecule has 1 N–H and O–H groups in total. The molecular weight excluding hydrogens is 249 g/mol. The lowest BCUT2D eigenvalue weighted by Gasteiger charge is -2.20. The normalized spacial score (nSPS) is 11.2. The van der Waals surface area contributed by atoms with Crippen molar-refractivity contribution in [1.82, 2.24) is 0 Å². The van der Waals surface area contributed by atoms with E-state index >= 15 is 0 Å². The van der Waals surface area contributed by atoms with E-state index in [1.807, 2.05) is 0 Å². The molecule has 0 radical (unpaired) electrons. The molecule has 0 unspecified atom stereocenters. The van der Waals surface area contributed by atoms with Crippen LogP contribution in [0.1, 0.15) is 17.3 Å². The highest BCUT2D eigenvalue weighted by molar-refractivity contribution is 7.92. The number of aromatic carboxylic acids is 1. The SMILES string of the molecule is CCS(=O)(=O)N(C)c1cccc(F)c1C(=O)O. The molecule has 1 rings (SSSR count). The van der Waals surface area contributed by atoms with E-state index in [4.69, 9.17) is 5.11 Å². The van der Waals surface area contributed by atoms with E-state index in [2.05, 4.69) is 0 Å². The molecule has 0 bridgehead atoms. The van der Waals surface area contributed by atoms with Crippen molar-refractivity contribution in [3.05, 3.63) is 29.6 Å². The molecular formula is C10H12FNO4S. The summed E-state index contributed by atoms with van der Waals surface area (Å²) in [6.45, 7) is 1.42. The van der Waals surface area contributed by atoms with Crippen LogP contribution in [0, 0.1) is 5.82 Å². The van der Waals surface area contributed by atoms with E-state index in [9.17, 15) is 17.6 Å². The minimum atomic E-state index is -3.62. The molecule has 5 nitrogen and oxygen atoms in total. The molecule has 0 fully saturated rings. The van der Waals surface area contributed by atoms with E-state index in [1.54, 1.807) is 0 Å². The Hall–Kier alpha value is -1.63. The van der Waals surface area contributed by atoms with Crippen LogP contribution in [-0.2, 0) is 10.0 Å². The highest BCUT2D eigenvalue weighted by Gasteiger charge is 2.24. The minimum absolute atomic E-state index is 0.181. The zero-order valence-corrected chi connectivity index (χ0v) is 10.2. The van der Waals surface area contributed by atoms with Crippen LogP contribution < -0.4 is 4.31 Å². The van der Waals surface area contributed by atoms with Gasteiger partial charge in [0.15, 0.2) is 0 Å². The Morgan fingerprint density at radius 1 is 1.47 bits per heavy atom. The molecule has 1 aromatic carbocycles. The van der Waals surface area contributed by atoms with Gasteiger partial charge in [-0.2, -0.15) is 0 Å². The van der Waals surface area contributed by atoms with Gasteiger partial charge in [-0.15, -0.1) is 0 Å². The van der Waals surface area contributed by atoms with Crippen LogP contribution in [0.4, 0.5) is 10.1 Å². The summed E-state index contributed by atoms with van der Waals surface area (Å²) in [6.07, 6.45) is 0. The summed E-state index contributed by atoms with van der Waals surface area (Å²) in [6, 6.07) is 3.48. The Bertz CT molecular complexity index is 541. The average Bonchev–Trinajstić information content (AvgIpc) is 2.27. The predicted molar refractivity (Wildman–Crippen MR) is 61.2 cm³/mol. The molecule has 0 spiro atoms. The van der Waals surface area contributed by atoms with Gasteiger partial charge in [-0.3, -0.25) is 4.31 Å². The third kappa shape index (κ3) is 2.55. The number of carboxylic acid groups (broad SMARTS) is 1. The van der Waals surface area contributed by atoms with E-state index in [1.165, 1.54) is 26.1 Å². The summed E-state index contributed by atoms with van der Waals surface area (Å²) in [5.74, 6) is -2.66. The Morgan fingerprint density at radius 2 is 2.06 bits per heavy atom. The first kappa shape index (κ1) is 13.4. The highest BCUT2D eigenvalue weighted by Crippen LogP contribution is 2.24. The van der Waals surface area contributed by atoms with Gasteiger partial charge in [0.2, 0.25) is 10.0 Å². The van der Waals surface area contributed by atoms with E-state index < -0.39 is 27.4 Å². The van der Waals surface area contributed by atoms with Crippen molar-refractivity contribution in [3.63, 3.8) is 0 Å². The maximum absolute atomic E-state index is 13.4. The van der Waals surface area contributed by atoms with Crippen molar-refractivity contribution in [2.24, 2.45) is 0 Å². The standard InChI is InChI=1S/C10H12FNO4S/c1-3-17(15,16)12(2)8-6-4-5-7(11)9(8)10(13)14/h4-6H,3H2,1-2H3,(H,13,14). The smallest absolute Gasteiger partial charge is 0.340 e. The summed E-state index contributed by atoms with van der Waals surface area (Å²) in [5, 5.41) is 8.87. The molecule has 0 aliphatic carbocycles. The van der Waals surface area contributed by atoms with Crippen molar-refractivity contribution in [2.45, 2.75) is 6.92 Å². The first-order valence-corrected chi connectivity index (χ1v) is 6.40. The zero-order valence-electron chi connectivity index (χ0n) is 9.34. The van der Waals surface area contributed by atoms with Gasteiger partial charge in [0.1, 0.15) is 11.4 Å². The second-order valence-corrected chi connectivity index (χ2v) is 5.60. The first-order chi connectivity index (χ1) is 7.81. The number of nitrogens with zero attached hydrogens (tertiary/aromatic N) is 1. The number of hydrogen-bond donors (Lipinski definition) is 1. The zero-order chi connectivity index (χ0) is 13.2. The van der Waals surface area contributed by atoms with E-state index in [-0.39, 0.29) is 11.4 Å². The van der Waals surface area contributed by atoms with Crippen LogP contribution >= 0.6 is 0 Å². The Labute approximate surface area is 98.5 Å². The largest absolute Gasteiger partial charge is 0.478 e. The third-order valence-electron chi connectivity index (χ3n) is 2.33. The number of carboxylic acids is 1. The van der Waals surface area contributed by atoms with Crippen molar-refractivity contribution in [3.8, 4) is 0 Å². The summed E-state index contributed by atoms with van der Waals surface area (Å²) in [7, 11) is -2.43. The number of rotatable bonds is 4. The first-order valence-electron chi connectivity index (χ1n) is 4.79. The molecule has 0 heterocycles. The fourth-order valence-electron chi connectivity index (χ4n) is 1.33. The summed E-state index contributed by atoms with van der Waals surface area (Å²) in [5.41, 5.74) is -0.827. The quantitative estimate of drug-likeness (QED) is 0.886. The second-order valence-electron chi connectivity index (χ2n) is 3.31. The van der Waals surface area contributed by atoms with Gasteiger partial charge in [-0.25, -0.2) is 17.6 Å². The number of anilines is 1. The van der Waals surface area contributed by atoms with Crippen molar-refractivity contribution >= 4 is 21.7 Å². The van der Waals surface area contributed by atoms with Gasteiger partial charge < -0.3 is 5.11 Å². The van der Waals surface area contributed by atoms with Gasteiger partial charge in [0.25, 0.3) is 0 Å².